The zero-order valence-corrected chi connectivity index (χ0v) is 13.0. The summed E-state index contributed by atoms with van der Waals surface area (Å²) >= 11 is 1.39. The average Bonchev–Trinajstić information content (AvgIpc) is 2.74. The lowest BCUT2D eigenvalue weighted by atomic mass is 10.00. The van der Waals surface area contributed by atoms with E-state index < -0.39 is 18.0 Å². The Balaban J connectivity index is 2.68. The molecule has 20 heavy (non-hydrogen) atoms. The predicted octanol–water partition coefficient (Wildman–Crippen LogP) is 2.63. The lowest BCUT2D eigenvalue weighted by molar-refractivity contribution is -0.140. The molecule has 7 heteroatoms. The number of aliphatic carboxylic acids is 1. The van der Waals surface area contributed by atoms with E-state index in [1.54, 1.807) is 6.92 Å². The number of carboxylic acids is 1. The van der Waals surface area contributed by atoms with Gasteiger partial charge in [0.15, 0.2) is 5.13 Å². The first-order valence-electron chi connectivity index (χ1n) is 6.65. The van der Waals surface area contributed by atoms with Gasteiger partial charge in [-0.3, -0.25) is 5.32 Å². The molecule has 0 radical (unpaired) electrons. The number of thiazole rings is 1. The van der Waals surface area contributed by atoms with Crippen LogP contribution in [-0.4, -0.2) is 28.1 Å². The summed E-state index contributed by atoms with van der Waals surface area (Å²) in [6.45, 7) is 7.62. The Morgan fingerprint density at radius 2 is 2.05 bits per heavy atom. The number of rotatable bonds is 6. The molecule has 0 saturated heterocycles. The highest BCUT2D eigenvalue weighted by Gasteiger charge is 2.25. The van der Waals surface area contributed by atoms with Crippen molar-refractivity contribution in [3.8, 4) is 0 Å². The zero-order valence-electron chi connectivity index (χ0n) is 12.2. The number of nitrogens with one attached hydrogen (secondary N) is 2. The molecule has 0 aliphatic heterocycles. The van der Waals surface area contributed by atoms with E-state index >= 15 is 0 Å². The number of aryl methyl sites for hydroxylation is 2. The Hall–Kier alpha value is -1.63. The minimum atomic E-state index is -1.03. The molecule has 2 atom stereocenters. The van der Waals surface area contributed by atoms with Gasteiger partial charge >= 0.3 is 12.0 Å². The molecular formula is C13H21N3O3S. The maximum atomic E-state index is 11.8. The Morgan fingerprint density at radius 1 is 1.40 bits per heavy atom. The van der Waals surface area contributed by atoms with Crippen molar-refractivity contribution in [2.75, 3.05) is 5.32 Å². The molecule has 0 fully saturated rings. The van der Waals surface area contributed by atoms with Gasteiger partial charge in [-0.25, -0.2) is 14.6 Å². The van der Waals surface area contributed by atoms with Crippen LogP contribution in [0.25, 0.3) is 0 Å². The lowest BCUT2D eigenvalue weighted by Gasteiger charge is -2.19. The van der Waals surface area contributed by atoms with Crippen LogP contribution in [0.2, 0.25) is 0 Å². The van der Waals surface area contributed by atoms with E-state index in [0.717, 1.165) is 17.0 Å². The molecule has 1 aromatic rings. The summed E-state index contributed by atoms with van der Waals surface area (Å²) in [5.41, 5.74) is 0.946. The number of carbonyl (C=O) groups is 2. The van der Waals surface area contributed by atoms with Crippen LogP contribution in [-0.2, 0) is 11.2 Å². The number of amides is 2. The van der Waals surface area contributed by atoms with Gasteiger partial charge in [-0.05, 0) is 19.3 Å². The number of aromatic nitrogens is 1. The van der Waals surface area contributed by atoms with Gasteiger partial charge in [0.2, 0.25) is 0 Å². The van der Waals surface area contributed by atoms with Crippen LogP contribution in [0.15, 0.2) is 0 Å². The van der Waals surface area contributed by atoms with Crippen LogP contribution in [0.3, 0.4) is 0 Å². The number of carbonyl (C=O) groups excluding carboxylic acids is 1. The molecule has 0 spiro atoms. The first-order valence-corrected chi connectivity index (χ1v) is 7.47. The second-order valence-electron chi connectivity index (χ2n) is 4.68. The van der Waals surface area contributed by atoms with E-state index in [9.17, 15) is 9.59 Å². The molecule has 0 aliphatic carbocycles. The highest BCUT2D eigenvalue weighted by atomic mass is 32.1. The fraction of sp³-hybridized carbons (Fsp3) is 0.615. The molecule has 0 aliphatic rings. The molecule has 1 rings (SSSR count). The van der Waals surface area contributed by atoms with Crippen molar-refractivity contribution in [2.45, 2.75) is 46.6 Å². The van der Waals surface area contributed by atoms with Crippen molar-refractivity contribution in [2.24, 2.45) is 5.92 Å². The first-order chi connectivity index (χ1) is 9.38. The summed E-state index contributed by atoms with van der Waals surface area (Å²) in [4.78, 5) is 28.3. The third kappa shape index (κ3) is 4.19. The molecule has 1 aromatic heterocycles. The number of anilines is 1. The summed E-state index contributed by atoms with van der Waals surface area (Å²) in [5.74, 6) is -1.17. The normalized spacial score (nSPS) is 13.6. The van der Waals surface area contributed by atoms with E-state index in [-0.39, 0.29) is 5.92 Å². The number of nitrogens with zero attached hydrogens (tertiary/aromatic N) is 1. The summed E-state index contributed by atoms with van der Waals surface area (Å²) < 4.78 is 0. The van der Waals surface area contributed by atoms with E-state index in [2.05, 4.69) is 15.6 Å². The Morgan fingerprint density at radius 3 is 2.50 bits per heavy atom. The summed E-state index contributed by atoms with van der Waals surface area (Å²) in [7, 11) is 0. The molecule has 2 amide bonds. The molecule has 0 aromatic carbocycles. The van der Waals surface area contributed by atoms with Gasteiger partial charge in [0.25, 0.3) is 0 Å². The van der Waals surface area contributed by atoms with Gasteiger partial charge in [0.05, 0.1) is 5.69 Å². The minimum absolute atomic E-state index is 0.137. The predicted molar refractivity (Wildman–Crippen MR) is 79.3 cm³/mol. The average molecular weight is 299 g/mol. The number of urea groups is 1. The van der Waals surface area contributed by atoms with Crippen LogP contribution in [0, 0.1) is 12.8 Å². The molecule has 3 N–H and O–H groups in total. The maximum Gasteiger partial charge on any atom is 0.326 e. The molecule has 112 valence electrons. The number of hydrogen-bond donors (Lipinski definition) is 3. The van der Waals surface area contributed by atoms with Gasteiger partial charge in [-0.2, -0.15) is 0 Å². The van der Waals surface area contributed by atoms with Gasteiger partial charge < -0.3 is 10.4 Å². The van der Waals surface area contributed by atoms with Crippen molar-refractivity contribution < 1.29 is 14.7 Å². The van der Waals surface area contributed by atoms with Crippen molar-refractivity contribution in [3.05, 3.63) is 10.6 Å². The number of hydrogen-bond acceptors (Lipinski definition) is 4. The standard InChI is InChI=1S/C13H21N3O3S/c1-5-7(3)10(11(17)18)15-12(19)16-13-14-9(6-2)8(4)20-13/h7,10H,5-6H2,1-4H3,(H,17,18)(H2,14,15,16,19)/t7?,10-/m0/s1. The van der Waals surface area contributed by atoms with Gasteiger partial charge in [-0.15, -0.1) is 11.3 Å². The Bertz CT molecular complexity index is 487. The maximum absolute atomic E-state index is 11.8. The third-order valence-electron chi connectivity index (χ3n) is 3.21. The van der Waals surface area contributed by atoms with Crippen LogP contribution < -0.4 is 10.6 Å². The van der Waals surface area contributed by atoms with Gasteiger partial charge in [0.1, 0.15) is 6.04 Å². The zero-order chi connectivity index (χ0) is 15.3. The summed E-state index contributed by atoms with van der Waals surface area (Å²) in [5, 5.41) is 14.7. The van der Waals surface area contributed by atoms with E-state index in [4.69, 9.17) is 5.11 Å². The highest BCUT2D eigenvalue weighted by molar-refractivity contribution is 7.15. The second-order valence-corrected chi connectivity index (χ2v) is 5.88. The molecule has 1 unspecified atom stereocenters. The van der Waals surface area contributed by atoms with Crippen molar-refractivity contribution in [3.63, 3.8) is 0 Å². The smallest absolute Gasteiger partial charge is 0.326 e. The van der Waals surface area contributed by atoms with Crippen molar-refractivity contribution >= 4 is 28.5 Å². The molecule has 0 bridgehead atoms. The summed E-state index contributed by atoms with van der Waals surface area (Å²) in [6.07, 6.45) is 1.48. The quantitative estimate of drug-likeness (QED) is 0.753. The second kappa shape index (κ2) is 7.23. The van der Waals surface area contributed by atoms with Gasteiger partial charge in [-0.1, -0.05) is 27.2 Å². The molecule has 0 saturated carbocycles. The Kier molecular flexibility index (Phi) is 5.94. The monoisotopic (exact) mass is 299 g/mol. The van der Waals surface area contributed by atoms with Crippen molar-refractivity contribution in [1.29, 1.82) is 0 Å². The molecular weight excluding hydrogens is 278 g/mol. The first kappa shape index (κ1) is 16.4. The van der Waals surface area contributed by atoms with Gasteiger partial charge in [0, 0.05) is 4.88 Å². The largest absolute Gasteiger partial charge is 0.480 e. The van der Waals surface area contributed by atoms with E-state index in [0.29, 0.717) is 11.6 Å². The fourth-order valence-electron chi connectivity index (χ4n) is 1.77. The third-order valence-corrected chi connectivity index (χ3v) is 4.14. The van der Waals surface area contributed by atoms with Crippen molar-refractivity contribution in [1.82, 2.24) is 10.3 Å². The lowest BCUT2D eigenvalue weighted by Crippen LogP contribution is -2.46. The van der Waals surface area contributed by atoms with E-state index in [1.165, 1.54) is 11.3 Å². The van der Waals surface area contributed by atoms with Crippen LogP contribution in [0.1, 0.15) is 37.8 Å². The summed E-state index contributed by atoms with van der Waals surface area (Å²) in [6, 6.07) is -1.43. The highest BCUT2D eigenvalue weighted by Crippen LogP contribution is 2.22. The molecule has 6 nitrogen and oxygen atoms in total. The number of carboxylic acid groups (broad SMARTS) is 1. The van der Waals surface area contributed by atoms with Crippen LogP contribution in [0.4, 0.5) is 9.93 Å². The van der Waals surface area contributed by atoms with E-state index in [1.807, 2.05) is 20.8 Å². The topological polar surface area (TPSA) is 91.3 Å². The minimum Gasteiger partial charge on any atom is -0.480 e. The SMILES string of the molecule is CCc1nc(NC(=O)N[C@H](C(=O)O)C(C)CC)sc1C. The fourth-order valence-corrected chi connectivity index (χ4v) is 2.66. The molecule has 1 heterocycles. The van der Waals surface area contributed by atoms with Crippen LogP contribution in [0.5, 0.6) is 0 Å². The van der Waals surface area contributed by atoms with Crippen LogP contribution >= 0.6 is 11.3 Å². The Labute approximate surface area is 122 Å².